The Kier molecular flexibility index (Phi) is 10.8. The van der Waals surface area contributed by atoms with E-state index in [1.165, 1.54) is 24.3 Å². The number of hydrogen-bond acceptors (Lipinski definition) is 8. The highest BCUT2D eigenvalue weighted by Crippen LogP contribution is 2.20. The molecular formula is C27H43NO8. The number of ether oxygens (including phenoxy) is 5. The summed E-state index contributed by atoms with van der Waals surface area (Å²) in [5.41, 5.74) is -1.88. The number of carbonyl (C=O) groups excluding carboxylic acids is 3. The Morgan fingerprint density at radius 3 is 1.83 bits per heavy atom. The maximum absolute atomic E-state index is 12.1. The number of hydrogen-bond donors (Lipinski definition) is 1. The first-order chi connectivity index (χ1) is 16.3. The van der Waals surface area contributed by atoms with Gasteiger partial charge in [-0.2, -0.15) is 0 Å². The van der Waals surface area contributed by atoms with Crippen LogP contribution in [0.3, 0.4) is 0 Å². The third-order valence-corrected chi connectivity index (χ3v) is 4.67. The van der Waals surface area contributed by atoms with Gasteiger partial charge in [-0.05, 0) is 99.9 Å². The van der Waals surface area contributed by atoms with E-state index < -0.39 is 40.6 Å². The average Bonchev–Trinajstić information content (AvgIpc) is 2.64. The van der Waals surface area contributed by atoms with E-state index in [1.807, 2.05) is 48.5 Å². The molecule has 0 heterocycles. The summed E-state index contributed by atoms with van der Waals surface area (Å²) < 4.78 is 26.9. The Labute approximate surface area is 215 Å². The summed E-state index contributed by atoms with van der Waals surface area (Å²) in [6.45, 7) is 18.9. The van der Waals surface area contributed by atoms with Crippen molar-refractivity contribution in [3.8, 4) is 5.75 Å². The third-order valence-electron chi connectivity index (χ3n) is 4.67. The van der Waals surface area contributed by atoms with Crippen molar-refractivity contribution in [2.24, 2.45) is 0 Å². The van der Waals surface area contributed by atoms with Gasteiger partial charge in [-0.3, -0.25) is 0 Å². The summed E-state index contributed by atoms with van der Waals surface area (Å²) in [5.74, 6) is -0.203. The van der Waals surface area contributed by atoms with Crippen LogP contribution in [0.1, 0.15) is 92.4 Å². The molecule has 0 atom stereocenters. The summed E-state index contributed by atoms with van der Waals surface area (Å²) >= 11 is 0. The fraction of sp³-hybridized carbons (Fsp3) is 0.667. The molecule has 1 aromatic carbocycles. The lowest BCUT2D eigenvalue weighted by Crippen LogP contribution is -2.46. The standard InChI is InChI=1S/C27H43NO8/c1-24(2,3)35-21(29)19-11-13-20(14-12-19)34-23(31)32-17-16-27(9,10)33-18-15-26(7,8)28-22(30)36-25(4,5)6/h11-14H,15-18H2,1-10H3,(H,28,30). The van der Waals surface area contributed by atoms with Crippen molar-refractivity contribution in [1.29, 1.82) is 0 Å². The van der Waals surface area contributed by atoms with Crippen LogP contribution < -0.4 is 10.1 Å². The zero-order valence-electron chi connectivity index (χ0n) is 23.4. The van der Waals surface area contributed by atoms with Crippen LogP contribution in [0.25, 0.3) is 0 Å². The largest absolute Gasteiger partial charge is 0.513 e. The molecule has 0 aromatic heterocycles. The van der Waals surface area contributed by atoms with Gasteiger partial charge in [-0.15, -0.1) is 0 Å². The Bertz CT molecular complexity index is 877. The molecule has 0 aliphatic rings. The third kappa shape index (κ3) is 13.9. The predicted molar refractivity (Wildman–Crippen MR) is 136 cm³/mol. The van der Waals surface area contributed by atoms with E-state index in [4.69, 9.17) is 23.7 Å². The highest BCUT2D eigenvalue weighted by molar-refractivity contribution is 5.89. The molecule has 1 N–H and O–H groups in total. The van der Waals surface area contributed by atoms with Crippen molar-refractivity contribution in [3.63, 3.8) is 0 Å². The van der Waals surface area contributed by atoms with E-state index in [-0.39, 0.29) is 12.4 Å². The molecule has 9 heteroatoms. The number of esters is 1. The summed E-state index contributed by atoms with van der Waals surface area (Å²) in [6.07, 6.45) is -0.311. The first-order valence-corrected chi connectivity index (χ1v) is 12.1. The lowest BCUT2D eigenvalue weighted by atomic mass is 10.0. The predicted octanol–water partition coefficient (Wildman–Crippen LogP) is 6.04. The highest BCUT2D eigenvalue weighted by Gasteiger charge is 2.26. The average molecular weight is 510 g/mol. The molecule has 0 saturated carbocycles. The summed E-state index contributed by atoms with van der Waals surface area (Å²) in [7, 11) is 0. The SMILES string of the molecule is CC(C)(CCOC(C)(C)CCOC(=O)Oc1ccc(C(=O)OC(C)(C)C)cc1)NC(=O)OC(C)(C)C. The summed E-state index contributed by atoms with van der Waals surface area (Å²) in [4.78, 5) is 36.1. The maximum Gasteiger partial charge on any atom is 0.513 e. The number of amides is 1. The fourth-order valence-corrected chi connectivity index (χ4v) is 2.80. The second-order valence-corrected chi connectivity index (χ2v) is 11.8. The molecule has 0 saturated heterocycles. The molecule has 0 aliphatic heterocycles. The highest BCUT2D eigenvalue weighted by atomic mass is 16.7. The molecule has 0 aliphatic carbocycles. The first kappa shape index (κ1) is 31.2. The van der Waals surface area contributed by atoms with Crippen LogP contribution in [0.4, 0.5) is 9.59 Å². The van der Waals surface area contributed by atoms with Gasteiger partial charge in [0.15, 0.2) is 0 Å². The molecule has 0 fully saturated rings. The molecule has 1 aromatic rings. The number of carbonyl (C=O) groups is 3. The van der Waals surface area contributed by atoms with E-state index in [0.717, 1.165) is 0 Å². The Balaban J connectivity index is 2.39. The Morgan fingerprint density at radius 2 is 1.31 bits per heavy atom. The Morgan fingerprint density at radius 1 is 0.750 bits per heavy atom. The molecule has 204 valence electrons. The molecule has 0 spiro atoms. The van der Waals surface area contributed by atoms with Gasteiger partial charge >= 0.3 is 18.2 Å². The summed E-state index contributed by atoms with van der Waals surface area (Å²) in [6, 6.07) is 6.04. The quantitative estimate of drug-likeness (QED) is 0.231. The van der Waals surface area contributed by atoms with Crippen molar-refractivity contribution in [1.82, 2.24) is 5.32 Å². The number of benzene rings is 1. The second kappa shape index (κ2) is 12.4. The van der Waals surface area contributed by atoms with Crippen LogP contribution in [0.2, 0.25) is 0 Å². The molecule has 0 unspecified atom stereocenters. The Hall–Kier alpha value is -2.81. The van der Waals surface area contributed by atoms with Crippen molar-refractivity contribution < 1.29 is 38.1 Å². The van der Waals surface area contributed by atoms with Crippen LogP contribution in [-0.2, 0) is 18.9 Å². The minimum absolute atomic E-state index is 0.0986. The van der Waals surface area contributed by atoms with Crippen molar-refractivity contribution in [2.75, 3.05) is 13.2 Å². The fourth-order valence-electron chi connectivity index (χ4n) is 2.80. The second-order valence-electron chi connectivity index (χ2n) is 11.8. The van der Waals surface area contributed by atoms with Gasteiger partial charge < -0.3 is 29.0 Å². The van der Waals surface area contributed by atoms with Gasteiger partial charge in [-0.25, -0.2) is 14.4 Å². The smallest absolute Gasteiger partial charge is 0.456 e. The molecular weight excluding hydrogens is 466 g/mol. The van der Waals surface area contributed by atoms with Crippen molar-refractivity contribution in [3.05, 3.63) is 29.8 Å². The first-order valence-electron chi connectivity index (χ1n) is 12.1. The molecule has 0 bridgehead atoms. The van der Waals surface area contributed by atoms with Gasteiger partial charge in [0.05, 0.1) is 17.8 Å². The van der Waals surface area contributed by atoms with Crippen LogP contribution in [0.5, 0.6) is 5.75 Å². The van der Waals surface area contributed by atoms with Gasteiger partial charge in [0.1, 0.15) is 17.0 Å². The maximum atomic E-state index is 12.1. The van der Waals surface area contributed by atoms with Gasteiger partial charge in [-0.1, -0.05) is 0 Å². The molecule has 1 rings (SSSR count). The van der Waals surface area contributed by atoms with E-state index in [9.17, 15) is 14.4 Å². The van der Waals surface area contributed by atoms with Crippen molar-refractivity contribution >= 4 is 18.2 Å². The van der Waals surface area contributed by atoms with E-state index in [2.05, 4.69) is 5.32 Å². The van der Waals surface area contributed by atoms with E-state index >= 15 is 0 Å². The zero-order chi connectivity index (χ0) is 27.8. The lowest BCUT2D eigenvalue weighted by molar-refractivity contribution is -0.0425. The summed E-state index contributed by atoms with van der Waals surface area (Å²) in [5, 5.41) is 2.85. The van der Waals surface area contributed by atoms with Gasteiger partial charge in [0, 0.05) is 18.6 Å². The minimum atomic E-state index is -0.849. The topological polar surface area (TPSA) is 109 Å². The van der Waals surface area contributed by atoms with Crippen LogP contribution in [0.15, 0.2) is 24.3 Å². The normalized spacial score (nSPS) is 12.5. The van der Waals surface area contributed by atoms with Crippen LogP contribution >= 0.6 is 0 Å². The monoisotopic (exact) mass is 509 g/mol. The van der Waals surface area contributed by atoms with Gasteiger partial charge in [0.25, 0.3) is 0 Å². The molecule has 1 amide bonds. The van der Waals surface area contributed by atoms with Crippen LogP contribution in [0, 0.1) is 0 Å². The van der Waals surface area contributed by atoms with Crippen LogP contribution in [-0.4, -0.2) is 53.8 Å². The van der Waals surface area contributed by atoms with E-state index in [1.54, 1.807) is 20.8 Å². The molecule has 0 radical (unpaired) electrons. The number of nitrogens with one attached hydrogen (secondary N) is 1. The molecule has 9 nitrogen and oxygen atoms in total. The number of rotatable bonds is 10. The van der Waals surface area contributed by atoms with E-state index in [0.29, 0.717) is 25.0 Å². The zero-order valence-corrected chi connectivity index (χ0v) is 23.4. The number of alkyl carbamates (subject to hydrolysis) is 1. The minimum Gasteiger partial charge on any atom is -0.456 e. The molecule has 36 heavy (non-hydrogen) atoms. The lowest BCUT2D eigenvalue weighted by Gasteiger charge is -2.31. The van der Waals surface area contributed by atoms with Crippen molar-refractivity contribution in [2.45, 2.75) is 104 Å². The van der Waals surface area contributed by atoms with Gasteiger partial charge in [0.2, 0.25) is 0 Å².